The van der Waals surface area contributed by atoms with Gasteiger partial charge in [0.1, 0.15) is 18.1 Å². The van der Waals surface area contributed by atoms with Crippen molar-refractivity contribution in [1.29, 1.82) is 0 Å². The van der Waals surface area contributed by atoms with Crippen molar-refractivity contribution in [2.75, 3.05) is 5.32 Å². The maximum Gasteiger partial charge on any atom is 0.273 e. The summed E-state index contributed by atoms with van der Waals surface area (Å²) >= 11 is 5.94. The molecular weight excluding hydrogens is 366 g/mol. The van der Waals surface area contributed by atoms with E-state index in [1.54, 1.807) is 36.0 Å². The molecule has 0 aliphatic heterocycles. The smallest absolute Gasteiger partial charge is 0.273 e. The molecule has 27 heavy (non-hydrogen) atoms. The lowest BCUT2D eigenvalue weighted by atomic mass is 10.2. The van der Waals surface area contributed by atoms with Crippen molar-refractivity contribution in [3.63, 3.8) is 0 Å². The minimum absolute atomic E-state index is 0.155. The van der Waals surface area contributed by atoms with Crippen molar-refractivity contribution >= 4 is 23.3 Å². The maximum absolute atomic E-state index is 12.5. The largest absolute Gasteiger partial charge is 0.483 e. The number of rotatable bonds is 5. The third-order valence-electron chi connectivity index (χ3n) is 3.87. The standard InChI is InChI=1S/C20H18ClN3O3/c1-13-6-7-22-19(8-13)23-20(26)16-10-17(25)18(11-24(16)2)27-12-14-4-3-5-15(21)9-14/h3-11H,12H2,1-2H3,(H,22,23,26). The van der Waals surface area contributed by atoms with Crippen LogP contribution >= 0.6 is 11.6 Å². The summed E-state index contributed by atoms with van der Waals surface area (Å²) < 4.78 is 7.13. The molecule has 0 spiro atoms. The van der Waals surface area contributed by atoms with Crippen LogP contribution in [0.1, 0.15) is 21.6 Å². The van der Waals surface area contributed by atoms with Crippen LogP contribution in [0.3, 0.4) is 0 Å². The highest BCUT2D eigenvalue weighted by molar-refractivity contribution is 6.30. The van der Waals surface area contributed by atoms with Crippen molar-refractivity contribution in [2.24, 2.45) is 7.05 Å². The molecule has 2 heterocycles. The van der Waals surface area contributed by atoms with Crippen molar-refractivity contribution in [3.05, 3.63) is 86.9 Å². The van der Waals surface area contributed by atoms with Gasteiger partial charge in [-0.15, -0.1) is 0 Å². The predicted octanol–water partition coefficient (Wildman–Crippen LogP) is 3.57. The summed E-state index contributed by atoms with van der Waals surface area (Å²) in [7, 11) is 1.67. The number of hydrogen-bond donors (Lipinski definition) is 1. The van der Waals surface area contributed by atoms with Gasteiger partial charge in [-0.1, -0.05) is 23.7 Å². The first-order valence-corrected chi connectivity index (χ1v) is 8.62. The van der Waals surface area contributed by atoms with E-state index in [0.29, 0.717) is 10.8 Å². The fourth-order valence-corrected chi connectivity index (χ4v) is 2.73. The Hall–Kier alpha value is -3.12. The number of pyridine rings is 2. The molecule has 0 saturated carbocycles. The number of amides is 1. The molecule has 0 fully saturated rings. The van der Waals surface area contributed by atoms with Crippen LogP contribution in [0.2, 0.25) is 5.02 Å². The van der Waals surface area contributed by atoms with Crippen LogP contribution in [0.4, 0.5) is 5.82 Å². The second-order valence-electron chi connectivity index (χ2n) is 6.09. The van der Waals surface area contributed by atoms with Crippen LogP contribution in [0.5, 0.6) is 5.75 Å². The third kappa shape index (κ3) is 4.74. The van der Waals surface area contributed by atoms with E-state index in [1.165, 1.54) is 12.3 Å². The number of anilines is 1. The molecule has 7 heteroatoms. The lowest BCUT2D eigenvalue weighted by Gasteiger charge is -2.12. The summed E-state index contributed by atoms with van der Waals surface area (Å²) in [6.45, 7) is 2.10. The monoisotopic (exact) mass is 383 g/mol. The SMILES string of the molecule is Cc1ccnc(NC(=O)c2cc(=O)c(OCc3cccc(Cl)c3)cn2C)c1. The number of ether oxygens (including phenoxy) is 1. The van der Waals surface area contributed by atoms with Crippen LogP contribution in [0, 0.1) is 6.92 Å². The van der Waals surface area contributed by atoms with Gasteiger partial charge in [-0.25, -0.2) is 4.98 Å². The van der Waals surface area contributed by atoms with E-state index >= 15 is 0 Å². The lowest BCUT2D eigenvalue weighted by Crippen LogP contribution is -2.22. The molecule has 0 aliphatic carbocycles. The number of carbonyl (C=O) groups excluding carboxylic acids is 1. The predicted molar refractivity (Wildman–Crippen MR) is 104 cm³/mol. The summed E-state index contributed by atoms with van der Waals surface area (Å²) in [5, 5.41) is 3.28. The van der Waals surface area contributed by atoms with E-state index in [0.717, 1.165) is 11.1 Å². The number of nitrogens with one attached hydrogen (secondary N) is 1. The summed E-state index contributed by atoms with van der Waals surface area (Å²) in [6.07, 6.45) is 3.10. The van der Waals surface area contributed by atoms with E-state index in [2.05, 4.69) is 10.3 Å². The molecule has 2 aromatic heterocycles. The number of benzene rings is 1. The molecule has 1 N–H and O–H groups in total. The zero-order valence-electron chi connectivity index (χ0n) is 14.9. The highest BCUT2D eigenvalue weighted by Gasteiger charge is 2.14. The fourth-order valence-electron chi connectivity index (χ4n) is 2.51. The zero-order valence-corrected chi connectivity index (χ0v) is 15.7. The average molecular weight is 384 g/mol. The third-order valence-corrected chi connectivity index (χ3v) is 4.11. The molecule has 1 amide bonds. The minimum atomic E-state index is -0.422. The Kier molecular flexibility index (Phi) is 5.57. The molecule has 0 atom stereocenters. The molecule has 0 bridgehead atoms. The second-order valence-corrected chi connectivity index (χ2v) is 6.53. The first-order chi connectivity index (χ1) is 12.9. The molecule has 0 saturated heterocycles. The van der Waals surface area contributed by atoms with E-state index in [1.807, 2.05) is 25.1 Å². The Bertz CT molecular complexity index is 1050. The Balaban J connectivity index is 1.76. The van der Waals surface area contributed by atoms with Crippen molar-refractivity contribution in [2.45, 2.75) is 13.5 Å². The summed E-state index contributed by atoms with van der Waals surface area (Å²) in [6, 6.07) is 12.0. The minimum Gasteiger partial charge on any atom is -0.483 e. The quantitative estimate of drug-likeness (QED) is 0.731. The van der Waals surface area contributed by atoms with Gasteiger partial charge in [-0.2, -0.15) is 0 Å². The van der Waals surface area contributed by atoms with Gasteiger partial charge in [0.05, 0.1) is 6.20 Å². The highest BCUT2D eigenvalue weighted by Crippen LogP contribution is 2.14. The number of nitrogens with zero attached hydrogens (tertiary/aromatic N) is 2. The molecule has 1 aromatic carbocycles. The van der Waals surface area contributed by atoms with Crippen molar-refractivity contribution < 1.29 is 9.53 Å². The van der Waals surface area contributed by atoms with Gasteiger partial charge < -0.3 is 14.6 Å². The maximum atomic E-state index is 12.5. The Labute approximate surface area is 161 Å². The van der Waals surface area contributed by atoms with Crippen LogP contribution in [-0.2, 0) is 13.7 Å². The number of aromatic nitrogens is 2. The summed E-state index contributed by atoms with van der Waals surface area (Å²) in [4.78, 5) is 28.9. The fraction of sp³-hybridized carbons (Fsp3) is 0.150. The summed E-state index contributed by atoms with van der Waals surface area (Å²) in [5.74, 6) is 0.158. The number of halogens is 1. The van der Waals surface area contributed by atoms with E-state index in [9.17, 15) is 9.59 Å². The van der Waals surface area contributed by atoms with Gasteiger partial charge in [-0.3, -0.25) is 9.59 Å². The number of hydrogen-bond acceptors (Lipinski definition) is 4. The molecule has 6 nitrogen and oxygen atoms in total. The van der Waals surface area contributed by atoms with Gasteiger partial charge in [-0.05, 0) is 42.3 Å². The normalized spacial score (nSPS) is 10.5. The second kappa shape index (κ2) is 8.05. The van der Waals surface area contributed by atoms with Gasteiger partial charge in [0.25, 0.3) is 5.91 Å². The highest BCUT2D eigenvalue weighted by atomic mass is 35.5. The molecular formula is C20H18ClN3O3. The first-order valence-electron chi connectivity index (χ1n) is 8.24. The topological polar surface area (TPSA) is 73.2 Å². The van der Waals surface area contributed by atoms with E-state index in [4.69, 9.17) is 16.3 Å². The van der Waals surface area contributed by atoms with Gasteiger partial charge in [0, 0.05) is 24.3 Å². The van der Waals surface area contributed by atoms with Crippen molar-refractivity contribution in [1.82, 2.24) is 9.55 Å². The molecule has 3 rings (SSSR count). The van der Waals surface area contributed by atoms with Gasteiger partial charge >= 0.3 is 0 Å². The lowest BCUT2D eigenvalue weighted by molar-refractivity contribution is 0.101. The number of carbonyl (C=O) groups is 1. The number of aryl methyl sites for hydroxylation is 2. The molecule has 0 radical (unpaired) electrons. The van der Waals surface area contributed by atoms with Gasteiger partial charge in [0.15, 0.2) is 5.75 Å². The Morgan fingerprint density at radius 3 is 2.81 bits per heavy atom. The van der Waals surface area contributed by atoms with E-state index in [-0.39, 0.29) is 23.5 Å². The van der Waals surface area contributed by atoms with Crippen molar-refractivity contribution in [3.8, 4) is 5.75 Å². The van der Waals surface area contributed by atoms with Gasteiger partial charge in [0.2, 0.25) is 5.43 Å². The van der Waals surface area contributed by atoms with Crippen LogP contribution in [-0.4, -0.2) is 15.5 Å². The average Bonchev–Trinajstić information content (AvgIpc) is 2.62. The van der Waals surface area contributed by atoms with E-state index < -0.39 is 5.91 Å². The Morgan fingerprint density at radius 1 is 1.26 bits per heavy atom. The summed E-state index contributed by atoms with van der Waals surface area (Å²) in [5.41, 5.74) is 1.65. The van der Waals surface area contributed by atoms with Crippen LogP contribution in [0.25, 0.3) is 0 Å². The Morgan fingerprint density at radius 2 is 2.07 bits per heavy atom. The molecule has 0 unspecified atom stereocenters. The van der Waals surface area contributed by atoms with Crippen LogP contribution in [0.15, 0.2) is 59.7 Å². The molecule has 138 valence electrons. The first kappa shape index (κ1) is 18.7. The van der Waals surface area contributed by atoms with Crippen LogP contribution < -0.4 is 15.5 Å². The molecule has 0 aliphatic rings. The zero-order chi connectivity index (χ0) is 19.4. The molecule has 3 aromatic rings.